The van der Waals surface area contributed by atoms with Crippen molar-refractivity contribution >= 4 is 23.2 Å². The van der Waals surface area contributed by atoms with Crippen molar-refractivity contribution in [2.75, 3.05) is 18.5 Å². The van der Waals surface area contributed by atoms with Crippen LogP contribution in [0.15, 0.2) is 36.4 Å². The largest absolute Gasteiger partial charge is 0.486 e. The van der Waals surface area contributed by atoms with Gasteiger partial charge in [-0.25, -0.2) is 0 Å². The second-order valence-electron chi connectivity index (χ2n) is 5.85. The highest BCUT2D eigenvalue weighted by Gasteiger charge is 2.21. The van der Waals surface area contributed by atoms with Crippen LogP contribution in [-0.4, -0.2) is 24.2 Å². The first kappa shape index (κ1) is 17.6. The zero-order valence-corrected chi connectivity index (χ0v) is 14.7. The molecule has 132 valence electrons. The number of aliphatic hydroxyl groups excluding tert-OH is 1. The van der Waals surface area contributed by atoms with Gasteiger partial charge in [-0.3, -0.25) is 4.79 Å². The molecule has 6 heteroatoms. The average Bonchev–Trinajstić information content (AvgIpc) is 2.61. The van der Waals surface area contributed by atoms with Crippen LogP contribution in [-0.2, 0) is 0 Å². The van der Waals surface area contributed by atoms with Crippen molar-refractivity contribution < 1.29 is 19.4 Å². The van der Waals surface area contributed by atoms with E-state index in [1.165, 1.54) is 0 Å². The maximum Gasteiger partial charge on any atom is 0.255 e. The van der Waals surface area contributed by atoms with E-state index in [2.05, 4.69) is 5.32 Å². The molecule has 0 saturated carbocycles. The fraction of sp³-hybridized carbons (Fsp3) is 0.316. The van der Waals surface area contributed by atoms with E-state index in [1.54, 1.807) is 36.4 Å². The molecular weight excluding hydrogens is 342 g/mol. The van der Waals surface area contributed by atoms with Crippen LogP contribution in [0.4, 0.5) is 5.69 Å². The molecule has 1 atom stereocenters. The lowest BCUT2D eigenvalue weighted by atomic mass is 10.0. The Kier molecular flexibility index (Phi) is 5.46. The van der Waals surface area contributed by atoms with Gasteiger partial charge in [-0.1, -0.05) is 31.0 Å². The molecule has 1 unspecified atom stereocenters. The van der Waals surface area contributed by atoms with E-state index < -0.39 is 6.10 Å². The van der Waals surface area contributed by atoms with Gasteiger partial charge in [0, 0.05) is 22.2 Å². The number of amides is 1. The summed E-state index contributed by atoms with van der Waals surface area (Å²) < 4.78 is 11.2. The summed E-state index contributed by atoms with van der Waals surface area (Å²) in [4.78, 5) is 12.5. The summed E-state index contributed by atoms with van der Waals surface area (Å²) in [5, 5.41) is 13.8. The number of rotatable bonds is 5. The molecule has 5 nitrogen and oxygen atoms in total. The number of aliphatic hydroxyl groups is 1. The molecule has 0 radical (unpaired) electrons. The van der Waals surface area contributed by atoms with E-state index in [0.717, 1.165) is 6.42 Å². The molecule has 1 aliphatic heterocycles. The summed E-state index contributed by atoms with van der Waals surface area (Å²) in [6.45, 7) is 2.90. The molecular formula is C19H20ClNO4. The minimum absolute atomic E-state index is 0.302. The molecule has 2 aromatic rings. The van der Waals surface area contributed by atoms with E-state index in [9.17, 15) is 9.90 Å². The Labute approximate surface area is 151 Å². The van der Waals surface area contributed by atoms with E-state index >= 15 is 0 Å². The van der Waals surface area contributed by atoms with Crippen molar-refractivity contribution in [1.82, 2.24) is 0 Å². The Morgan fingerprint density at radius 1 is 1.24 bits per heavy atom. The number of halogens is 1. The number of benzene rings is 2. The molecule has 1 heterocycles. The maximum absolute atomic E-state index is 12.5. The minimum atomic E-state index is -0.699. The number of nitrogens with one attached hydrogen (secondary N) is 1. The van der Waals surface area contributed by atoms with E-state index in [4.69, 9.17) is 21.1 Å². The van der Waals surface area contributed by atoms with Crippen LogP contribution in [0.3, 0.4) is 0 Å². The quantitative estimate of drug-likeness (QED) is 0.837. The Morgan fingerprint density at radius 2 is 1.96 bits per heavy atom. The van der Waals surface area contributed by atoms with Crippen molar-refractivity contribution in [3.63, 3.8) is 0 Å². The van der Waals surface area contributed by atoms with E-state index in [0.29, 0.717) is 53.0 Å². The number of fused-ring (bicyclic) bond motifs is 1. The normalized spacial score (nSPS) is 14.0. The molecule has 2 aromatic carbocycles. The van der Waals surface area contributed by atoms with Gasteiger partial charge in [0.1, 0.15) is 13.2 Å². The first-order valence-electron chi connectivity index (χ1n) is 8.27. The first-order valence-corrected chi connectivity index (χ1v) is 8.64. The van der Waals surface area contributed by atoms with Crippen molar-refractivity contribution in [3.8, 4) is 11.5 Å². The number of hydrogen-bond donors (Lipinski definition) is 2. The van der Waals surface area contributed by atoms with Crippen molar-refractivity contribution in [1.29, 1.82) is 0 Å². The predicted molar refractivity (Wildman–Crippen MR) is 96.7 cm³/mol. The smallest absolute Gasteiger partial charge is 0.255 e. The number of anilines is 1. The first-order chi connectivity index (χ1) is 12.1. The highest BCUT2D eigenvalue weighted by Crippen LogP contribution is 2.39. The molecule has 1 aliphatic rings. The minimum Gasteiger partial charge on any atom is -0.486 e. The third-order valence-electron chi connectivity index (χ3n) is 3.97. The van der Waals surface area contributed by atoms with Crippen LogP contribution < -0.4 is 14.8 Å². The summed E-state index contributed by atoms with van der Waals surface area (Å²) in [6, 6.07) is 10.1. The van der Waals surface area contributed by atoms with Crippen molar-refractivity contribution in [3.05, 3.63) is 52.5 Å². The van der Waals surface area contributed by atoms with Gasteiger partial charge in [0.15, 0.2) is 11.5 Å². The Balaban J connectivity index is 1.94. The standard InChI is InChI=1S/C19H20ClNO4/c1-2-4-16(22)14-10-17-18(25-8-7-24-17)11-15(14)21-19(23)12-5-3-6-13(20)9-12/h3,5-6,9-11,16,22H,2,4,7-8H2,1H3,(H,21,23). The highest BCUT2D eigenvalue weighted by atomic mass is 35.5. The number of carbonyl (C=O) groups excluding carboxylic acids is 1. The maximum atomic E-state index is 12.5. The second-order valence-corrected chi connectivity index (χ2v) is 6.29. The van der Waals surface area contributed by atoms with Crippen LogP contribution in [0.2, 0.25) is 5.02 Å². The fourth-order valence-corrected chi connectivity index (χ4v) is 2.93. The Bertz CT molecular complexity index is 778. The molecule has 0 spiro atoms. The zero-order chi connectivity index (χ0) is 17.8. The fourth-order valence-electron chi connectivity index (χ4n) is 2.74. The zero-order valence-electron chi connectivity index (χ0n) is 13.9. The number of ether oxygens (including phenoxy) is 2. The molecule has 0 bridgehead atoms. The van der Waals surface area contributed by atoms with Crippen LogP contribution in [0.1, 0.15) is 41.8 Å². The van der Waals surface area contributed by atoms with Crippen LogP contribution >= 0.6 is 11.6 Å². The van der Waals surface area contributed by atoms with Crippen LogP contribution in [0.25, 0.3) is 0 Å². The summed E-state index contributed by atoms with van der Waals surface area (Å²) in [5.74, 6) is 0.835. The Morgan fingerprint density at radius 3 is 2.64 bits per heavy atom. The summed E-state index contributed by atoms with van der Waals surface area (Å²) in [6.07, 6.45) is 0.701. The van der Waals surface area contributed by atoms with Gasteiger partial charge in [0.2, 0.25) is 0 Å². The summed E-state index contributed by atoms with van der Waals surface area (Å²) >= 11 is 5.95. The molecule has 25 heavy (non-hydrogen) atoms. The average molecular weight is 362 g/mol. The topological polar surface area (TPSA) is 67.8 Å². The molecule has 2 N–H and O–H groups in total. The molecule has 0 aliphatic carbocycles. The predicted octanol–water partition coefficient (Wildman–Crippen LogP) is 4.20. The van der Waals surface area contributed by atoms with Crippen LogP contribution in [0.5, 0.6) is 11.5 Å². The highest BCUT2D eigenvalue weighted by molar-refractivity contribution is 6.31. The SMILES string of the molecule is CCCC(O)c1cc2c(cc1NC(=O)c1cccc(Cl)c1)OCCO2. The van der Waals surface area contributed by atoms with E-state index in [1.807, 2.05) is 6.92 Å². The van der Waals surface area contributed by atoms with Gasteiger partial charge in [-0.05, 0) is 30.7 Å². The lowest BCUT2D eigenvalue weighted by Gasteiger charge is -2.23. The third-order valence-corrected chi connectivity index (χ3v) is 4.21. The molecule has 3 rings (SSSR count). The van der Waals surface area contributed by atoms with Gasteiger partial charge in [0.25, 0.3) is 5.91 Å². The van der Waals surface area contributed by atoms with Gasteiger partial charge in [-0.15, -0.1) is 0 Å². The lowest BCUT2D eigenvalue weighted by Crippen LogP contribution is -2.18. The van der Waals surface area contributed by atoms with Gasteiger partial charge < -0.3 is 19.9 Å². The van der Waals surface area contributed by atoms with Crippen molar-refractivity contribution in [2.24, 2.45) is 0 Å². The molecule has 0 saturated heterocycles. The van der Waals surface area contributed by atoms with Crippen molar-refractivity contribution in [2.45, 2.75) is 25.9 Å². The molecule has 0 fully saturated rings. The van der Waals surface area contributed by atoms with Gasteiger partial charge in [0.05, 0.1) is 11.8 Å². The second kappa shape index (κ2) is 7.76. The third kappa shape index (κ3) is 4.06. The number of carbonyl (C=O) groups is 1. The van der Waals surface area contributed by atoms with Gasteiger partial charge >= 0.3 is 0 Å². The monoisotopic (exact) mass is 361 g/mol. The lowest BCUT2D eigenvalue weighted by molar-refractivity contribution is 0.102. The summed E-state index contributed by atoms with van der Waals surface area (Å²) in [7, 11) is 0. The number of hydrogen-bond acceptors (Lipinski definition) is 4. The Hall–Kier alpha value is -2.24. The van der Waals surface area contributed by atoms with Crippen LogP contribution in [0, 0.1) is 0 Å². The molecule has 0 aromatic heterocycles. The summed E-state index contributed by atoms with van der Waals surface area (Å²) in [5.41, 5.74) is 1.56. The molecule has 1 amide bonds. The van der Waals surface area contributed by atoms with Gasteiger partial charge in [-0.2, -0.15) is 0 Å². The van der Waals surface area contributed by atoms with E-state index in [-0.39, 0.29) is 5.91 Å².